The van der Waals surface area contributed by atoms with Crippen LogP contribution in [0.25, 0.3) is 0 Å². The van der Waals surface area contributed by atoms with Crippen LogP contribution in [-0.4, -0.2) is 39.0 Å². The fourth-order valence-electron chi connectivity index (χ4n) is 2.66. The molecule has 0 amide bonds. The molecule has 1 heterocycles. The van der Waals surface area contributed by atoms with E-state index in [0.717, 1.165) is 28.1 Å². The van der Waals surface area contributed by atoms with Crippen LogP contribution in [-0.2, 0) is 16.4 Å². The van der Waals surface area contributed by atoms with Crippen molar-refractivity contribution in [2.45, 2.75) is 18.4 Å². The van der Waals surface area contributed by atoms with Crippen molar-refractivity contribution in [2.24, 2.45) is 0 Å². The molecule has 0 bridgehead atoms. The molecule has 3 rings (SSSR count). The number of hydrogen-bond donors (Lipinski definition) is 0. The number of sulfone groups is 1. The lowest BCUT2D eigenvalue weighted by Crippen LogP contribution is -2.29. The summed E-state index contributed by atoms with van der Waals surface area (Å²) in [7, 11) is -3.29. The average Bonchev–Trinajstić information content (AvgIpc) is 3.06. The van der Waals surface area contributed by atoms with Crippen molar-refractivity contribution in [1.82, 2.24) is 4.90 Å². The van der Waals surface area contributed by atoms with Crippen LogP contribution in [0.2, 0.25) is 0 Å². The second-order valence-corrected chi connectivity index (χ2v) is 8.85. The lowest BCUT2D eigenvalue weighted by Gasteiger charge is -2.20. The van der Waals surface area contributed by atoms with E-state index < -0.39 is 9.84 Å². The third-order valence-electron chi connectivity index (χ3n) is 4.14. The van der Waals surface area contributed by atoms with Crippen molar-refractivity contribution in [3.8, 4) is 11.5 Å². The number of benzene rings is 2. The molecule has 5 nitrogen and oxygen atoms in total. The van der Waals surface area contributed by atoms with E-state index in [9.17, 15) is 8.42 Å². The molecule has 2 aromatic rings. The van der Waals surface area contributed by atoms with Crippen molar-refractivity contribution >= 4 is 25.8 Å². The van der Waals surface area contributed by atoms with Gasteiger partial charge in [-0.25, -0.2) is 8.42 Å². The van der Waals surface area contributed by atoms with Gasteiger partial charge in [0.25, 0.3) is 0 Å². The zero-order chi connectivity index (χ0) is 17.9. The summed E-state index contributed by atoms with van der Waals surface area (Å²) in [5.74, 6) is 1.59. The number of ether oxygens (including phenoxy) is 2. The van der Waals surface area contributed by atoms with Crippen molar-refractivity contribution < 1.29 is 17.9 Å². The molecule has 0 unspecified atom stereocenters. The first kappa shape index (κ1) is 18.2. The Kier molecular flexibility index (Phi) is 5.66. The van der Waals surface area contributed by atoms with E-state index in [1.54, 1.807) is 24.3 Å². The van der Waals surface area contributed by atoms with Crippen LogP contribution in [0.15, 0.2) is 51.8 Å². The molecule has 0 fully saturated rings. The van der Waals surface area contributed by atoms with Gasteiger partial charge in [0, 0.05) is 17.6 Å². The molecular formula is C18H20BrNO4S. The monoisotopic (exact) mass is 425 g/mol. The fourth-order valence-corrected chi connectivity index (χ4v) is 4.20. The van der Waals surface area contributed by atoms with Gasteiger partial charge in [0.2, 0.25) is 6.79 Å². The summed E-state index contributed by atoms with van der Waals surface area (Å²) in [5, 5.41) is 0. The maximum absolute atomic E-state index is 12.5. The van der Waals surface area contributed by atoms with Gasteiger partial charge in [-0.15, -0.1) is 0 Å². The zero-order valence-corrected chi connectivity index (χ0v) is 16.3. The second kappa shape index (κ2) is 7.76. The van der Waals surface area contributed by atoms with E-state index in [1.807, 2.05) is 25.1 Å². The maximum Gasteiger partial charge on any atom is 0.231 e. The third kappa shape index (κ3) is 4.54. The van der Waals surface area contributed by atoms with Gasteiger partial charge in [-0.3, -0.25) is 4.90 Å². The number of rotatable bonds is 7. The van der Waals surface area contributed by atoms with E-state index in [1.165, 1.54) is 0 Å². The summed E-state index contributed by atoms with van der Waals surface area (Å²) in [4.78, 5) is 2.46. The summed E-state index contributed by atoms with van der Waals surface area (Å²) >= 11 is 3.32. The summed E-state index contributed by atoms with van der Waals surface area (Å²) < 4.78 is 36.6. The Bertz CT molecular complexity index is 837. The van der Waals surface area contributed by atoms with Gasteiger partial charge < -0.3 is 9.47 Å². The van der Waals surface area contributed by atoms with Gasteiger partial charge in [-0.2, -0.15) is 0 Å². The summed E-state index contributed by atoms with van der Waals surface area (Å²) in [5.41, 5.74) is 1.08. The number of nitrogens with zero attached hydrogens (tertiary/aromatic N) is 1. The zero-order valence-electron chi connectivity index (χ0n) is 13.9. The van der Waals surface area contributed by atoms with E-state index in [2.05, 4.69) is 20.8 Å². The van der Waals surface area contributed by atoms with Crippen LogP contribution in [0.4, 0.5) is 0 Å². The molecule has 0 N–H and O–H groups in total. The Morgan fingerprint density at radius 1 is 1.08 bits per heavy atom. The van der Waals surface area contributed by atoms with Crippen LogP contribution < -0.4 is 9.47 Å². The molecular weight excluding hydrogens is 406 g/mol. The first-order valence-corrected chi connectivity index (χ1v) is 10.5. The molecule has 0 saturated carbocycles. The van der Waals surface area contributed by atoms with Gasteiger partial charge >= 0.3 is 0 Å². The predicted molar refractivity (Wildman–Crippen MR) is 99.7 cm³/mol. The molecule has 0 aromatic heterocycles. The topological polar surface area (TPSA) is 55.8 Å². The second-order valence-electron chi connectivity index (χ2n) is 5.83. The van der Waals surface area contributed by atoms with Crippen molar-refractivity contribution in [3.05, 3.63) is 52.5 Å². The normalized spacial score (nSPS) is 13.4. The average molecular weight is 426 g/mol. The summed E-state index contributed by atoms with van der Waals surface area (Å²) in [6.07, 6.45) is 0. The molecule has 0 aliphatic carbocycles. The Morgan fingerprint density at radius 3 is 2.52 bits per heavy atom. The molecule has 0 saturated heterocycles. The maximum atomic E-state index is 12.5. The van der Waals surface area contributed by atoms with Crippen LogP contribution in [0.3, 0.4) is 0 Å². The van der Waals surface area contributed by atoms with Gasteiger partial charge in [0.05, 0.1) is 10.6 Å². The number of fused-ring (bicyclic) bond motifs is 1. The first-order valence-electron chi connectivity index (χ1n) is 8.07. The Labute approximate surface area is 156 Å². The highest BCUT2D eigenvalue weighted by Crippen LogP contribution is 2.32. The highest BCUT2D eigenvalue weighted by molar-refractivity contribution is 9.10. The highest BCUT2D eigenvalue weighted by atomic mass is 79.9. The van der Waals surface area contributed by atoms with Crippen molar-refractivity contribution in [1.29, 1.82) is 0 Å². The third-order valence-corrected chi connectivity index (χ3v) is 6.38. The van der Waals surface area contributed by atoms with Crippen LogP contribution >= 0.6 is 15.9 Å². The quantitative estimate of drug-likeness (QED) is 0.679. The Balaban J connectivity index is 1.63. The van der Waals surface area contributed by atoms with E-state index in [-0.39, 0.29) is 12.5 Å². The summed E-state index contributed by atoms with van der Waals surface area (Å²) in [6.45, 7) is 4.19. The molecule has 0 spiro atoms. The fraction of sp³-hybridized carbons (Fsp3) is 0.333. The van der Waals surface area contributed by atoms with E-state index in [4.69, 9.17) is 9.47 Å². The predicted octanol–water partition coefficient (Wildman–Crippen LogP) is 3.47. The van der Waals surface area contributed by atoms with Crippen molar-refractivity contribution in [2.75, 3.05) is 25.6 Å². The van der Waals surface area contributed by atoms with Crippen LogP contribution in [0.1, 0.15) is 12.5 Å². The van der Waals surface area contributed by atoms with E-state index >= 15 is 0 Å². The molecule has 134 valence electrons. The molecule has 25 heavy (non-hydrogen) atoms. The minimum absolute atomic E-state index is 0.0903. The number of hydrogen-bond acceptors (Lipinski definition) is 5. The lowest BCUT2D eigenvalue weighted by atomic mass is 10.2. The Morgan fingerprint density at radius 2 is 1.80 bits per heavy atom. The van der Waals surface area contributed by atoms with Gasteiger partial charge in [-0.05, 0) is 48.5 Å². The SMILES string of the molecule is CCN(CCS(=O)(=O)c1ccc(Br)cc1)Cc1ccc2c(c1)OCO2. The first-order chi connectivity index (χ1) is 12.0. The molecule has 0 radical (unpaired) electrons. The highest BCUT2D eigenvalue weighted by Gasteiger charge is 2.18. The molecule has 7 heteroatoms. The molecule has 0 atom stereocenters. The molecule has 1 aliphatic rings. The molecule has 2 aromatic carbocycles. The largest absolute Gasteiger partial charge is 0.454 e. The van der Waals surface area contributed by atoms with E-state index in [0.29, 0.717) is 18.0 Å². The van der Waals surface area contributed by atoms with Gasteiger partial charge in [0.15, 0.2) is 21.3 Å². The minimum atomic E-state index is -3.29. The van der Waals surface area contributed by atoms with Gasteiger partial charge in [-0.1, -0.05) is 28.9 Å². The molecule has 1 aliphatic heterocycles. The minimum Gasteiger partial charge on any atom is -0.454 e. The lowest BCUT2D eigenvalue weighted by molar-refractivity contribution is 0.174. The standard InChI is InChI=1S/C18H20BrNO4S/c1-2-20(12-14-3-8-17-18(11-14)24-13-23-17)9-10-25(21,22)16-6-4-15(19)5-7-16/h3-8,11H,2,9-10,12-13H2,1H3. The number of halogens is 1. The van der Waals surface area contributed by atoms with Crippen LogP contribution in [0, 0.1) is 0 Å². The van der Waals surface area contributed by atoms with Crippen molar-refractivity contribution in [3.63, 3.8) is 0 Å². The Hall–Kier alpha value is -1.57. The summed E-state index contributed by atoms with van der Waals surface area (Å²) in [6, 6.07) is 12.6. The smallest absolute Gasteiger partial charge is 0.231 e. The van der Waals surface area contributed by atoms with Gasteiger partial charge in [0.1, 0.15) is 0 Å². The van der Waals surface area contributed by atoms with Crippen LogP contribution in [0.5, 0.6) is 11.5 Å².